The average Bonchev–Trinajstić information content (AvgIpc) is 3.03. The number of carbonyl (C=O) groups excluding carboxylic acids is 2. The molecule has 0 bridgehead atoms. The van der Waals surface area contributed by atoms with Crippen molar-refractivity contribution in [3.8, 4) is 0 Å². The van der Waals surface area contributed by atoms with Crippen LogP contribution >= 0.6 is 34.5 Å². The van der Waals surface area contributed by atoms with Crippen LogP contribution in [0.1, 0.15) is 27.8 Å². The molecule has 0 aromatic carbocycles. The summed E-state index contributed by atoms with van der Waals surface area (Å²) in [6.45, 7) is 0. The number of pyridine rings is 1. The van der Waals surface area contributed by atoms with Crippen LogP contribution < -0.4 is 5.32 Å². The lowest BCUT2D eigenvalue weighted by molar-refractivity contribution is -0.141. The summed E-state index contributed by atoms with van der Waals surface area (Å²) < 4.78 is 4.66. The second-order valence-electron chi connectivity index (χ2n) is 4.29. The molecule has 0 saturated heterocycles. The first-order valence-electron chi connectivity index (χ1n) is 6.24. The number of halogens is 2. The van der Waals surface area contributed by atoms with Gasteiger partial charge in [-0.1, -0.05) is 29.3 Å². The number of nitrogens with one attached hydrogen (secondary N) is 1. The fourth-order valence-corrected chi connectivity index (χ4v) is 2.88. The topological polar surface area (TPSA) is 68.3 Å². The molecule has 0 aliphatic heterocycles. The van der Waals surface area contributed by atoms with Gasteiger partial charge in [-0.15, -0.1) is 11.3 Å². The Morgan fingerprint density at radius 3 is 2.77 bits per heavy atom. The number of thiophene rings is 1. The molecule has 116 valence electrons. The minimum Gasteiger partial charge on any atom is -0.469 e. The Kier molecular flexibility index (Phi) is 5.76. The van der Waals surface area contributed by atoms with Crippen molar-refractivity contribution in [1.82, 2.24) is 10.3 Å². The highest BCUT2D eigenvalue weighted by Crippen LogP contribution is 2.24. The van der Waals surface area contributed by atoms with Gasteiger partial charge in [-0.3, -0.25) is 9.59 Å². The summed E-state index contributed by atoms with van der Waals surface area (Å²) >= 11 is 13.2. The van der Waals surface area contributed by atoms with Crippen LogP contribution in [-0.2, 0) is 9.53 Å². The van der Waals surface area contributed by atoms with Gasteiger partial charge in [0.2, 0.25) is 0 Å². The number of hydrogen-bond donors (Lipinski definition) is 1. The van der Waals surface area contributed by atoms with Crippen LogP contribution in [0, 0.1) is 0 Å². The van der Waals surface area contributed by atoms with E-state index in [1.807, 2.05) is 17.5 Å². The summed E-state index contributed by atoms with van der Waals surface area (Å²) in [7, 11) is 1.30. The van der Waals surface area contributed by atoms with Crippen molar-refractivity contribution in [3.63, 3.8) is 0 Å². The predicted molar refractivity (Wildman–Crippen MR) is 85.4 cm³/mol. The second-order valence-corrected chi connectivity index (χ2v) is 6.06. The average molecular weight is 359 g/mol. The highest BCUT2D eigenvalue weighted by atomic mass is 35.5. The van der Waals surface area contributed by atoms with Gasteiger partial charge < -0.3 is 10.1 Å². The first kappa shape index (κ1) is 16.7. The number of nitrogens with zero attached hydrogens (tertiary/aromatic N) is 1. The van der Waals surface area contributed by atoms with Crippen molar-refractivity contribution in [2.24, 2.45) is 0 Å². The molecule has 0 spiro atoms. The zero-order valence-electron chi connectivity index (χ0n) is 11.5. The van der Waals surface area contributed by atoms with E-state index in [9.17, 15) is 9.59 Å². The summed E-state index contributed by atoms with van der Waals surface area (Å²) in [5.74, 6) is -0.932. The number of aromatic nitrogens is 1. The van der Waals surface area contributed by atoms with E-state index >= 15 is 0 Å². The fraction of sp³-hybridized carbons (Fsp3) is 0.214. The molecule has 1 atom stereocenters. The third-order valence-corrected chi connectivity index (χ3v) is 4.32. The largest absolute Gasteiger partial charge is 0.469 e. The zero-order valence-corrected chi connectivity index (χ0v) is 13.8. The Hall–Kier alpha value is -1.63. The monoisotopic (exact) mass is 358 g/mol. The van der Waals surface area contributed by atoms with Gasteiger partial charge in [0.05, 0.1) is 24.6 Å². The van der Waals surface area contributed by atoms with Crippen molar-refractivity contribution in [2.75, 3.05) is 7.11 Å². The summed E-state index contributed by atoms with van der Waals surface area (Å²) in [5, 5.41) is 4.94. The SMILES string of the molecule is COC(=O)CC(NC(=O)c1nc(Cl)ccc1Cl)c1cccs1. The number of methoxy groups -OCH3 is 1. The molecule has 1 N–H and O–H groups in total. The Morgan fingerprint density at radius 1 is 1.36 bits per heavy atom. The predicted octanol–water partition coefficient (Wildman–Crippen LogP) is 3.48. The normalized spacial score (nSPS) is 11.8. The van der Waals surface area contributed by atoms with E-state index in [4.69, 9.17) is 23.2 Å². The molecule has 0 aliphatic rings. The standard InChI is InChI=1S/C14H12Cl2N2O3S/c1-21-12(19)7-9(10-3-2-6-22-10)17-14(20)13-8(15)4-5-11(16)18-13/h2-6,9H,7H2,1H3,(H,17,20). The molecule has 0 fully saturated rings. The van der Waals surface area contributed by atoms with Crippen LogP contribution in [0.15, 0.2) is 29.6 Å². The van der Waals surface area contributed by atoms with E-state index in [-0.39, 0.29) is 22.3 Å². The maximum absolute atomic E-state index is 12.3. The van der Waals surface area contributed by atoms with Crippen LogP contribution in [0.25, 0.3) is 0 Å². The molecule has 2 rings (SSSR count). The molecule has 1 amide bonds. The Bertz CT molecular complexity index is 677. The van der Waals surface area contributed by atoms with Crippen LogP contribution in [0.5, 0.6) is 0 Å². The third kappa shape index (κ3) is 4.19. The summed E-state index contributed by atoms with van der Waals surface area (Å²) in [5.41, 5.74) is 0.0144. The van der Waals surface area contributed by atoms with E-state index in [2.05, 4.69) is 15.0 Å². The number of rotatable bonds is 5. The van der Waals surface area contributed by atoms with Crippen molar-refractivity contribution in [2.45, 2.75) is 12.5 Å². The first-order valence-corrected chi connectivity index (χ1v) is 7.88. The smallest absolute Gasteiger partial charge is 0.307 e. The highest BCUT2D eigenvalue weighted by Gasteiger charge is 2.22. The van der Waals surface area contributed by atoms with E-state index in [0.29, 0.717) is 0 Å². The maximum Gasteiger partial charge on any atom is 0.307 e. The quantitative estimate of drug-likeness (QED) is 0.656. The molecule has 2 aromatic rings. The first-order chi connectivity index (χ1) is 10.5. The van der Waals surface area contributed by atoms with Crippen molar-refractivity contribution in [3.05, 3.63) is 50.4 Å². The minimum atomic E-state index is -0.517. The van der Waals surface area contributed by atoms with E-state index in [1.165, 1.54) is 30.6 Å². The van der Waals surface area contributed by atoms with Gasteiger partial charge in [-0.25, -0.2) is 4.98 Å². The summed E-state index contributed by atoms with van der Waals surface area (Å²) in [6, 6.07) is 6.13. The molecular weight excluding hydrogens is 347 g/mol. The van der Waals surface area contributed by atoms with Crippen molar-refractivity contribution in [1.29, 1.82) is 0 Å². The third-order valence-electron chi connectivity index (χ3n) is 2.82. The van der Waals surface area contributed by atoms with Gasteiger partial charge in [0, 0.05) is 4.88 Å². The minimum absolute atomic E-state index is 0.0144. The molecule has 2 heterocycles. The lowest BCUT2D eigenvalue weighted by Crippen LogP contribution is -2.30. The van der Waals surface area contributed by atoms with Gasteiger partial charge >= 0.3 is 5.97 Å². The lowest BCUT2D eigenvalue weighted by atomic mass is 10.1. The lowest BCUT2D eigenvalue weighted by Gasteiger charge is -2.16. The van der Waals surface area contributed by atoms with Gasteiger partial charge in [-0.05, 0) is 23.6 Å². The number of hydrogen-bond acceptors (Lipinski definition) is 5. The molecule has 0 saturated carbocycles. The molecular formula is C14H12Cl2N2O3S. The summed E-state index contributed by atoms with van der Waals surface area (Å²) in [4.78, 5) is 28.6. The van der Waals surface area contributed by atoms with Crippen LogP contribution in [0.3, 0.4) is 0 Å². The zero-order chi connectivity index (χ0) is 16.1. The van der Waals surface area contributed by atoms with Crippen LogP contribution in [0.4, 0.5) is 0 Å². The molecule has 0 aliphatic carbocycles. The van der Waals surface area contributed by atoms with Crippen molar-refractivity contribution >= 4 is 46.4 Å². The Morgan fingerprint density at radius 2 is 2.14 bits per heavy atom. The van der Waals surface area contributed by atoms with Gasteiger partial charge in [0.15, 0.2) is 0 Å². The highest BCUT2D eigenvalue weighted by molar-refractivity contribution is 7.10. The van der Waals surface area contributed by atoms with E-state index in [0.717, 1.165) is 4.88 Å². The maximum atomic E-state index is 12.3. The molecule has 22 heavy (non-hydrogen) atoms. The Balaban J connectivity index is 2.21. The van der Waals surface area contributed by atoms with Gasteiger partial charge in [-0.2, -0.15) is 0 Å². The van der Waals surface area contributed by atoms with Crippen molar-refractivity contribution < 1.29 is 14.3 Å². The van der Waals surface area contributed by atoms with E-state index in [1.54, 1.807) is 0 Å². The number of esters is 1. The number of carbonyl (C=O) groups is 2. The van der Waals surface area contributed by atoms with Gasteiger partial charge in [0.25, 0.3) is 5.91 Å². The van der Waals surface area contributed by atoms with Gasteiger partial charge in [0.1, 0.15) is 10.8 Å². The van der Waals surface area contributed by atoms with Crippen LogP contribution in [0.2, 0.25) is 10.2 Å². The van der Waals surface area contributed by atoms with Crippen LogP contribution in [-0.4, -0.2) is 24.0 Å². The fourth-order valence-electron chi connectivity index (χ4n) is 1.77. The number of amides is 1. The number of ether oxygens (including phenoxy) is 1. The molecule has 2 aromatic heterocycles. The van der Waals surface area contributed by atoms with E-state index < -0.39 is 17.9 Å². The molecule has 0 radical (unpaired) electrons. The summed E-state index contributed by atoms with van der Waals surface area (Å²) in [6.07, 6.45) is 0.0148. The molecule has 1 unspecified atom stereocenters. The second kappa shape index (κ2) is 7.58. The molecule has 5 nitrogen and oxygen atoms in total. The molecule has 8 heteroatoms. The Labute approximate surface area is 141 Å².